The van der Waals surface area contributed by atoms with Crippen LogP contribution in [0, 0.1) is 11.7 Å². The number of anilines is 1. The Hall–Kier alpha value is -1.09. The SMILES string of the molecule is CC1CCN(c2ccc([C@@H](C)N)cc2F)CC1. The van der Waals surface area contributed by atoms with Crippen molar-refractivity contribution in [2.75, 3.05) is 18.0 Å². The predicted molar refractivity (Wildman–Crippen MR) is 69.6 cm³/mol. The highest BCUT2D eigenvalue weighted by Gasteiger charge is 2.18. The van der Waals surface area contributed by atoms with Gasteiger partial charge in [-0.3, -0.25) is 0 Å². The second-order valence-corrected chi connectivity index (χ2v) is 5.17. The van der Waals surface area contributed by atoms with Gasteiger partial charge in [0.2, 0.25) is 0 Å². The van der Waals surface area contributed by atoms with Gasteiger partial charge in [0.05, 0.1) is 5.69 Å². The number of piperidine rings is 1. The highest BCUT2D eigenvalue weighted by Crippen LogP contribution is 2.27. The Morgan fingerprint density at radius 2 is 2.00 bits per heavy atom. The first-order valence-electron chi connectivity index (χ1n) is 6.38. The fourth-order valence-corrected chi connectivity index (χ4v) is 2.31. The molecule has 17 heavy (non-hydrogen) atoms. The molecule has 3 heteroatoms. The van der Waals surface area contributed by atoms with E-state index in [9.17, 15) is 4.39 Å². The van der Waals surface area contributed by atoms with Gasteiger partial charge in [0.15, 0.2) is 0 Å². The van der Waals surface area contributed by atoms with Gasteiger partial charge in [0.1, 0.15) is 5.82 Å². The van der Waals surface area contributed by atoms with E-state index in [4.69, 9.17) is 5.73 Å². The molecule has 2 nitrogen and oxygen atoms in total. The largest absolute Gasteiger partial charge is 0.369 e. The number of benzene rings is 1. The Morgan fingerprint density at radius 3 is 2.53 bits per heavy atom. The normalized spacial score (nSPS) is 19.4. The van der Waals surface area contributed by atoms with Crippen LogP contribution in [0.5, 0.6) is 0 Å². The molecule has 1 saturated heterocycles. The fraction of sp³-hybridized carbons (Fsp3) is 0.571. The third-order valence-electron chi connectivity index (χ3n) is 3.62. The van der Waals surface area contributed by atoms with E-state index < -0.39 is 0 Å². The molecule has 1 aromatic rings. The summed E-state index contributed by atoms with van der Waals surface area (Å²) in [7, 11) is 0. The van der Waals surface area contributed by atoms with E-state index in [0.717, 1.165) is 43.1 Å². The first kappa shape index (κ1) is 12.4. The van der Waals surface area contributed by atoms with Crippen LogP contribution in [-0.4, -0.2) is 13.1 Å². The summed E-state index contributed by atoms with van der Waals surface area (Å²) in [5.41, 5.74) is 7.33. The number of rotatable bonds is 2. The Bertz CT molecular complexity index is 382. The van der Waals surface area contributed by atoms with Gasteiger partial charge in [-0.15, -0.1) is 0 Å². The molecule has 0 spiro atoms. The van der Waals surface area contributed by atoms with E-state index in [1.165, 1.54) is 0 Å². The number of nitrogens with two attached hydrogens (primary N) is 1. The van der Waals surface area contributed by atoms with Crippen molar-refractivity contribution < 1.29 is 4.39 Å². The van der Waals surface area contributed by atoms with Crippen molar-refractivity contribution >= 4 is 5.69 Å². The topological polar surface area (TPSA) is 29.3 Å². The number of hydrogen-bond acceptors (Lipinski definition) is 2. The average molecular weight is 236 g/mol. The number of halogens is 1. The molecule has 0 aliphatic carbocycles. The molecule has 1 atom stereocenters. The monoisotopic (exact) mass is 236 g/mol. The van der Waals surface area contributed by atoms with Gasteiger partial charge in [-0.2, -0.15) is 0 Å². The molecule has 1 aliphatic heterocycles. The zero-order valence-corrected chi connectivity index (χ0v) is 10.6. The van der Waals surface area contributed by atoms with Crippen molar-refractivity contribution in [1.29, 1.82) is 0 Å². The van der Waals surface area contributed by atoms with Crippen LogP contribution < -0.4 is 10.6 Å². The maximum absolute atomic E-state index is 14.0. The van der Waals surface area contributed by atoms with E-state index >= 15 is 0 Å². The molecule has 2 rings (SSSR count). The lowest BCUT2D eigenvalue weighted by molar-refractivity contribution is 0.434. The van der Waals surface area contributed by atoms with Crippen LogP contribution in [0.25, 0.3) is 0 Å². The molecule has 0 saturated carbocycles. The first-order chi connectivity index (χ1) is 8.08. The molecule has 1 fully saturated rings. The molecule has 1 aromatic carbocycles. The Morgan fingerprint density at radius 1 is 1.35 bits per heavy atom. The Kier molecular flexibility index (Phi) is 3.67. The van der Waals surface area contributed by atoms with E-state index in [-0.39, 0.29) is 11.9 Å². The summed E-state index contributed by atoms with van der Waals surface area (Å²) in [5, 5.41) is 0. The Balaban J connectivity index is 2.16. The predicted octanol–water partition coefficient (Wildman–Crippen LogP) is 3.08. The molecule has 0 unspecified atom stereocenters. The average Bonchev–Trinajstić information content (AvgIpc) is 2.30. The third kappa shape index (κ3) is 2.78. The minimum atomic E-state index is -0.144. The first-order valence-corrected chi connectivity index (χ1v) is 6.38. The molecule has 2 N–H and O–H groups in total. The second kappa shape index (κ2) is 5.05. The van der Waals surface area contributed by atoms with E-state index in [0.29, 0.717) is 0 Å². The zero-order chi connectivity index (χ0) is 12.4. The van der Waals surface area contributed by atoms with Gasteiger partial charge in [0.25, 0.3) is 0 Å². The standard InChI is InChI=1S/C14H21FN2/c1-10-5-7-17(8-6-10)14-4-3-12(11(2)16)9-13(14)15/h3-4,9-11H,5-8,16H2,1-2H3/t11-/m1/s1. The summed E-state index contributed by atoms with van der Waals surface area (Å²) in [4.78, 5) is 2.14. The van der Waals surface area contributed by atoms with Crippen LogP contribution >= 0.6 is 0 Å². The van der Waals surface area contributed by atoms with Crippen LogP contribution in [0.4, 0.5) is 10.1 Å². The van der Waals surface area contributed by atoms with Crippen LogP contribution in [-0.2, 0) is 0 Å². The lowest BCUT2D eigenvalue weighted by Crippen LogP contribution is -2.33. The molecule has 0 aromatic heterocycles. The molecular formula is C14H21FN2. The van der Waals surface area contributed by atoms with Gasteiger partial charge in [-0.1, -0.05) is 13.0 Å². The highest BCUT2D eigenvalue weighted by atomic mass is 19.1. The summed E-state index contributed by atoms with van der Waals surface area (Å²) in [6.45, 7) is 6.04. The molecule has 0 radical (unpaired) electrons. The summed E-state index contributed by atoms with van der Waals surface area (Å²) >= 11 is 0. The maximum Gasteiger partial charge on any atom is 0.146 e. The highest BCUT2D eigenvalue weighted by molar-refractivity contribution is 5.49. The van der Waals surface area contributed by atoms with Gasteiger partial charge in [-0.05, 0) is 43.4 Å². The number of nitrogens with zero attached hydrogens (tertiary/aromatic N) is 1. The summed E-state index contributed by atoms with van der Waals surface area (Å²) < 4.78 is 14.0. The van der Waals surface area contributed by atoms with Crippen LogP contribution in [0.15, 0.2) is 18.2 Å². The van der Waals surface area contributed by atoms with Crippen molar-refractivity contribution in [3.8, 4) is 0 Å². The van der Waals surface area contributed by atoms with Crippen LogP contribution in [0.1, 0.15) is 38.3 Å². The molecule has 1 heterocycles. The fourth-order valence-electron chi connectivity index (χ4n) is 2.31. The van der Waals surface area contributed by atoms with Gasteiger partial charge < -0.3 is 10.6 Å². The summed E-state index contributed by atoms with van der Waals surface area (Å²) in [6.07, 6.45) is 2.29. The molecule has 0 amide bonds. The summed E-state index contributed by atoms with van der Waals surface area (Å²) in [6, 6.07) is 5.25. The smallest absolute Gasteiger partial charge is 0.146 e. The maximum atomic E-state index is 14.0. The van der Waals surface area contributed by atoms with Crippen molar-refractivity contribution in [2.24, 2.45) is 11.7 Å². The number of hydrogen-bond donors (Lipinski definition) is 1. The van der Waals surface area contributed by atoms with Gasteiger partial charge in [0, 0.05) is 19.1 Å². The Labute approximate surface area is 103 Å². The zero-order valence-electron chi connectivity index (χ0n) is 10.6. The molecule has 94 valence electrons. The molecule has 0 bridgehead atoms. The second-order valence-electron chi connectivity index (χ2n) is 5.17. The van der Waals surface area contributed by atoms with Crippen molar-refractivity contribution in [1.82, 2.24) is 0 Å². The van der Waals surface area contributed by atoms with Gasteiger partial charge >= 0.3 is 0 Å². The van der Waals surface area contributed by atoms with E-state index in [1.807, 2.05) is 19.1 Å². The summed E-state index contributed by atoms with van der Waals surface area (Å²) in [5.74, 6) is 0.618. The van der Waals surface area contributed by atoms with Crippen LogP contribution in [0.2, 0.25) is 0 Å². The quantitative estimate of drug-likeness (QED) is 0.855. The lowest BCUT2D eigenvalue weighted by Gasteiger charge is -2.32. The molecule has 1 aliphatic rings. The van der Waals surface area contributed by atoms with Gasteiger partial charge in [-0.25, -0.2) is 4.39 Å². The molecular weight excluding hydrogens is 215 g/mol. The van der Waals surface area contributed by atoms with Crippen molar-refractivity contribution in [3.63, 3.8) is 0 Å². The van der Waals surface area contributed by atoms with E-state index in [2.05, 4.69) is 11.8 Å². The van der Waals surface area contributed by atoms with Crippen LogP contribution in [0.3, 0.4) is 0 Å². The third-order valence-corrected chi connectivity index (χ3v) is 3.62. The van der Waals surface area contributed by atoms with E-state index in [1.54, 1.807) is 6.07 Å². The minimum Gasteiger partial charge on any atom is -0.369 e. The van der Waals surface area contributed by atoms with Crippen molar-refractivity contribution in [3.05, 3.63) is 29.6 Å². The minimum absolute atomic E-state index is 0.111. The van der Waals surface area contributed by atoms with Crippen molar-refractivity contribution in [2.45, 2.75) is 32.7 Å². The lowest BCUT2D eigenvalue weighted by atomic mass is 9.98.